The Bertz CT molecular complexity index is 1300. The Morgan fingerprint density at radius 3 is 2.74 bits per heavy atom. The molecule has 1 aliphatic carbocycles. The molecule has 3 aromatic heterocycles. The Morgan fingerprint density at radius 1 is 1.09 bits per heavy atom. The number of hydrogen-bond acceptors (Lipinski definition) is 4. The van der Waals surface area contributed by atoms with Gasteiger partial charge in [0.15, 0.2) is 0 Å². The second-order valence-electron chi connectivity index (χ2n) is 8.73. The summed E-state index contributed by atoms with van der Waals surface area (Å²) in [4.78, 5) is 18.5. The van der Waals surface area contributed by atoms with E-state index in [0.29, 0.717) is 13.2 Å². The van der Waals surface area contributed by atoms with Crippen LogP contribution < -0.4 is 10.1 Å². The lowest BCUT2D eigenvalue weighted by molar-refractivity contribution is 0.195. The second kappa shape index (κ2) is 8.96. The molecule has 0 radical (unpaired) electrons. The number of benzene rings is 1. The minimum absolute atomic E-state index is 0.0843. The number of urea groups is 1. The van der Waals surface area contributed by atoms with Crippen molar-refractivity contribution in [2.75, 3.05) is 11.9 Å². The highest BCUT2D eigenvalue weighted by Crippen LogP contribution is 2.44. The van der Waals surface area contributed by atoms with Crippen molar-refractivity contribution in [3.8, 4) is 10.8 Å². The van der Waals surface area contributed by atoms with E-state index in [0.717, 1.165) is 30.0 Å². The number of hydrogen-bond donors (Lipinski definition) is 1. The molecule has 6 rings (SSSR count). The van der Waals surface area contributed by atoms with Crippen LogP contribution in [0.2, 0.25) is 0 Å². The topological polar surface area (TPSA) is 46.5 Å². The number of anilines is 1. The smallest absolute Gasteiger partial charge is 0.323 e. The van der Waals surface area contributed by atoms with Crippen LogP contribution in [0.4, 0.5) is 10.5 Å². The summed E-state index contributed by atoms with van der Waals surface area (Å²) >= 11 is 3.62. The lowest BCUT2D eigenvalue weighted by Crippen LogP contribution is -2.37. The monoisotopic (exact) mass is 489 g/mol. The van der Waals surface area contributed by atoms with E-state index >= 15 is 0 Å². The van der Waals surface area contributed by atoms with Crippen LogP contribution in [-0.4, -0.2) is 22.1 Å². The first-order chi connectivity index (χ1) is 16.7. The molecular formula is C27H27N3O2S2. The van der Waals surface area contributed by atoms with E-state index in [2.05, 4.69) is 45.7 Å². The minimum Gasteiger partial charge on any atom is -0.494 e. The summed E-state index contributed by atoms with van der Waals surface area (Å²) in [6.45, 7) is 3.19. The van der Waals surface area contributed by atoms with Crippen molar-refractivity contribution in [1.82, 2.24) is 9.47 Å². The fourth-order valence-corrected chi connectivity index (χ4v) is 7.38. The van der Waals surface area contributed by atoms with E-state index in [1.54, 1.807) is 11.3 Å². The van der Waals surface area contributed by atoms with E-state index < -0.39 is 0 Å². The van der Waals surface area contributed by atoms with E-state index in [-0.39, 0.29) is 12.1 Å². The zero-order chi connectivity index (χ0) is 23.1. The first-order valence-corrected chi connectivity index (χ1v) is 13.6. The zero-order valence-corrected chi connectivity index (χ0v) is 20.8. The fourth-order valence-electron chi connectivity index (χ4n) is 5.13. The number of nitrogens with zero attached hydrogens (tertiary/aromatic N) is 2. The highest BCUT2D eigenvalue weighted by molar-refractivity contribution is 7.15. The third kappa shape index (κ3) is 3.73. The Labute approximate surface area is 207 Å². The van der Waals surface area contributed by atoms with Crippen molar-refractivity contribution in [3.63, 3.8) is 0 Å². The van der Waals surface area contributed by atoms with Gasteiger partial charge in [0.05, 0.1) is 18.8 Å². The molecule has 5 nitrogen and oxygen atoms in total. The minimum atomic E-state index is -0.142. The summed E-state index contributed by atoms with van der Waals surface area (Å²) in [5.41, 5.74) is 4.70. The second-order valence-corrected chi connectivity index (χ2v) is 10.8. The summed E-state index contributed by atoms with van der Waals surface area (Å²) < 4.78 is 7.88. The molecule has 0 fully saturated rings. The van der Waals surface area contributed by atoms with Gasteiger partial charge in [0, 0.05) is 27.2 Å². The van der Waals surface area contributed by atoms with Crippen LogP contribution in [0.1, 0.15) is 52.4 Å². The Hall–Kier alpha value is -3.03. The average molecular weight is 490 g/mol. The Balaban J connectivity index is 1.42. The van der Waals surface area contributed by atoms with Gasteiger partial charge in [-0.15, -0.1) is 22.7 Å². The third-order valence-electron chi connectivity index (χ3n) is 6.67. The maximum atomic E-state index is 13.9. The summed E-state index contributed by atoms with van der Waals surface area (Å²) in [6.07, 6.45) is 6.89. The van der Waals surface area contributed by atoms with Crippen LogP contribution in [0.3, 0.4) is 0 Å². The van der Waals surface area contributed by atoms with Crippen molar-refractivity contribution < 1.29 is 9.53 Å². The Kier molecular flexibility index (Phi) is 5.67. The maximum Gasteiger partial charge on any atom is 0.323 e. The number of carbonyl (C=O) groups excluding carboxylic acids is 1. The van der Waals surface area contributed by atoms with Gasteiger partial charge in [0.25, 0.3) is 0 Å². The first-order valence-electron chi connectivity index (χ1n) is 11.9. The fraction of sp³-hybridized carbons (Fsp3) is 0.296. The molecule has 2 aliphatic rings. The van der Waals surface area contributed by atoms with Crippen molar-refractivity contribution in [1.29, 1.82) is 0 Å². The molecule has 0 saturated heterocycles. The van der Waals surface area contributed by atoms with Gasteiger partial charge in [0.1, 0.15) is 16.8 Å². The quantitative estimate of drug-likeness (QED) is 0.335. The van der Waals surface area contributed by atoms with Gasteiger partial charge in [-0.05, 0) is 86.0 Å². The van der Waals surface area contributed by atoms with E-state index in [4.69, 9.17) is 4.74 Å². The van der Waals surface area contributed by atoms with Gasteiger partial charge >= 0.3 is 6.03 Å². The van der Waals surface area contributed by atoms with Gasteiger partial charge in [0.2, 0.25) is 0 Å². The lowest BCUT2D eigenvalue weighted by atomic mass is 9.95. The van der Waals surface area contributed by atoms with Gasteiger partial charge in [-0.1, -0.05) is 6.07 Å². The molecule has 4 heterocycles. The summed E-state index contributed by atoms with van der Waals surface area (Å²) in [7, 11) is 0. The molecule has 174 valence electrons. The molecule has 0 saturated carbocycles. The predicted molar refractivity (Wildman–Crippen MR) is 139 cm³/mol. The van der Waals surface area contributed by atoms with E-state index in [1.165, 1.54) is 38.7 Å². The maximum absolute atomic E-state index is 13.9. The lowest BCUT2D eigenvalue weighted by Gasteiger charge is -2.30. The molecule has 1 N–H and O–H groups in total. The zero-order valence-electron chi connectivity index (χ0n) is 19.1. The molecule has 7 heteroatoms. The van der Waals surface area contributed by atoms with Gasteiger partial charge in [-0.25, -0.2) is 4.79 Å². The predicted octanol–water partition coefficient (Wildman–Crippen LogP) is 7.01. The first kappa shape index (κ1) is 21.5. The van der Waals surface area contributed by atoms with Crippen LogP contribution in [0.15, 0.2) is 60.1 Å². The van der Waals surface area contributed by atoms with Crippen LogP contribution >= 0.6 is 22.7 Å². The van der Waals surface area contributed by atoms with Crippen LogP contribution in [0, 0.1) is 0 Å². The molecule has 1 atom stereocenters. The molecule has 34 heavy (non-hydrogen) atoms. The SMILES string of the molecule is CCOc1ccc(NC(=O)N2Cc3c(sc4c3CCCC4)-n3cccc3[C@H]2c2cccs2)cc1. The van der Waals surface area contributed by atoms with Crippen molar-refractivity contribution in [2.45, 2.75) is 45.2 Å². The molecule has 0 unspecified atom stereocenters. The number of carbonyl (C=O) groups is 1. The molecule has 0 spiro atoms. The molecule has 1 aromatic carbocycles. The molecule has 0 bridgehead atoms. The largest absolute Gasteiger partial charge is 0.494 e. The van der Waals surface area contributed by atoms with E-state index in [9.17, 15) is 4.79 Å². The number of aryl methyl sites for hydroxylation is 1. The van der Waals surface area contributed by atoms with Crippen LogP contribution in [-0.2, 0) is 19.4 Å². The van der Waals surface area contributed by atoms with Crippen molar-refractivity contribution in [3.05, 3.63) is 86.7 Å². The van der Waals surface area contributed by atoms with Gasteiger partial charge < -0.3 is 19.5 Å². The highest BCUT2D eigenvalue weighted by Gasteiger charge is 2.36. The molecular weight excluding hydrogens is 462 g/mol. The third-order valence-corrected chi connectivity index (χ3v) is 8.93. The van der Waals surface area contributed by atoms with Crippen LogP contribution in [0.5, 0.6) is 5.75 Å². The van der Waals surface area contributed by atoms with Gasteiger partial charge in [-0.3, -0.25) is 0 Å². The number of fused-ring (bicyclic) bond motifs is 5. The summed E-state index contributed by atoms with van der Waals surface area (Å²) in [6, 6.07) is 15.9. The van der Waals surface area contributed by atoms with Gasteiger partial charge in [-0.2, -0.15) is 0 Å². The summed E-state index contributed by atoms with van der Waals surface area (Å²) in [5, 5.41) is 6.53. The number of aromatic nitrogens is 1. The molecule has 1 aliphatic heterocycles. The number of thiophene rings is 2. The van der Waals surface area contributed by atoms with E-state index in [1.807, 2.05) is 47.4 Å². The Morgan fingerprint density at radius 2 is 1.94 bits per heavy atom. The van der Waals surface area contributed by atoms with Crippen molar-refractivity contribution >= 4 is 34.4 Å². The normalized spacial score (nSPS) is 16.9. The summed E-state index contributed by atoms with van der Waals surface area (Å²) in [5.74, 6) is 0.805. The molecule has 2 amide bonds. The highest BCUT2D eigenvalue weighted by atomic mass is 32.1. The standard InChI is InChI=1S/C27H27N3O2S2/c1-2-32-19-13-11-18(12-14-19)28-27(31)30-17-21-20-7-3-4-9-23(20)34-26(21)29-15-5-8-22(29)25(30)24-10-6-16-33-24/h5-6,8,10-16,25H,2-4,7,9,17H2,1H3,(H,28,31)/t25-/m0/s1. The molecule has 4 aromatic rings. The van der Waals surface area contributed by atoms with Crippen molar-refractivity contribution in [2.24, 2.45) is 0 Å². The number of ether oxygens (including phenoxy) is 1. The number of nitrogens with one attached hydrogen (secondary N) is 1. The number of rotatable bonds is 4. The number of amides is 2. The van der Waals surface area contributed by atoms with Crippen LogP contribution in [0.25, 0.3) is 5.00 Å². The average Bonchev–Trinajstić information content (AvgIpc) is 3.60.